The molecule has 2 unspecified atom stereocenters. The van der Waals surface area contributed by atoms with Crippen molar-refractivity contribution in [2.24, 2.45) is 5.92 Å². The first-order chi connectivity index (χ1) is 17.1. The maximum absolute atomic E-state index is 14.8. The van der Waals surface area contributed by atoms with E-state index < -0.39 is 46.5 Å². The van der Waals surface area contributed by atoms with E-state index in [0.717, 1.165) is 62.8 Å². The van der Waals surface area contributed by atoms with Gasteiger partial charge in [0.05, 0.1) is 5.56 Å². The summed E-state index contributed by atoms with van der Waals surface area (Å²) in [7, 11) is 0. The molecule has 1 nitrogen and oxygen atoms in total. The molecule has 1 aliphatic carbocycles. The molecule has 36 heavy (non-hydrogen) atoms. The lowest BCUT2D eigenvalue weighted by Gasteiger charge is -2.20. The molecule has 0 bridgehead atoms. The normalized spacial score (nSPS) is 18.0. The second-order valence-electron chi connectivity index (χ2n) is 9.27. The second kappa shape index (κ2) is 10.5. The average molecular weight is 510 g/mol. The van der Waals surface area contributed by atoms with Crippen LogP contribution >= 0.6 is 0 Å². The molecule has 2 atom stereocenters. The Kier molecular flexibility index (Phi) is 7.62. The van der Waals surface area contributed by atoms with Gasteiger partial charge in [-0.25, -0.2) is 22.0 Å². The number of hydrogen-bond donors (Lipinski definition) is 0. The van der Waals surface area contributed by atoms with Crippen molar-refractivity contribution >= 4 is 0 Å². The van der Waals surface area contributed by atoms with E-state index in [2.05, 4.69) is 11.7 Å². The van der Waals surface area contributed by atoms with Crippen molar-refractivity contribution in [1.29, 1.82) is 0 Å². The van der Waals surface area contributed by atoms with Gasteiger partial charge in [-0.1, -0.05) is 32.3 Å². The van der Waals surface area contributed by atoms with Crippen LogP contribution in [-0.2, 0) is 6.11 Å². The zero-order valence-electron chi connectivity index (χ0n) is 19.6. The molecule has 0 saturated heterocycles. The third-order valence-electron chi connectivity index (χ3n) is 6.77. The van der Waals surface area contributed by atoms with Gasteiger partial charge >= 0.3 is 6.11 Å². The topological polar surface area (TPSA) is 9.23 Å². The summed E-state index contributed by atoms with van der Waals surface area (Å²) in [6, 6.07) is 7.24. The third-order valence-corrected chi connectivity index (χ3v) is 6.77. The largest absolute Gasteiger partial charge is 0.429 e. The molecule has 192 valence electrons. The molecule has 4 rings (SSSR count). The van der Waals surface area contributed by atoms with E-state index in [1.165, 1.54) is 6.07 Å². The number of benzene rings is 3. The lowest BCUT2D eigenvalue weighted by molar-refractivity contribution is -0.187. The standard InChI is InChI=1S/C28H25F7O/c1-2-3-4-16-5-6-17(11-16)18-7-10-22(24(30)12-18)28(34,35)36-20-8-9-21(23(29)15-20)19-13-25(31)27(33)26(32)14-19/h7-10,12-17H,2-6,11H2,1H3. The molecule has 0 radical (unpaired) electrons. The van der Waals surface area contributed by atoms with Gasteiger partial charge in [0.1, 0.15) is 17.4 Å². The van der Waals surface area contributed by atoms with Crippen molar-refractivity contribution in [2.75, 3.05) is 0 Å². The minimum absolute atomic E-state index is 0.118. The van der Waals surface area contributed by atoms with E-state index in [4.69, 9.17) is 0 Å². The first-order valence-corrected chi connectivity index (χ1v) is 11.9. The zero-order chi connectivity index (χ0) is 26.0. The number of unbranched alkanes of at least 4 members (excludes halogenated alkanes) is 1. The van der Waals surface area contributed by atoms with Crippen LogP contribution in [0.25, 0.3) is 11.1 Å². The molecular formula is C28H25F7O. The molecular weight excluding hydrogens is 485 g/mol. The number of hydrogen-bond acceptors (Lipinski definition) is 1. The second-order valence-corrected chi connectivity index (χ2v) is 9.27. The average Bonchev–Trinajstić information content (AvgIpc) is 3.29. The third kappa shape index (κ3) is 5.52. The van der Waals surface area contributed by atoms with Gasteiger partial charge in [0.2, 0.25) is 0 Å². The fraction of sp³-hybridized carbons (Fsp3) is 0.357. The van der Waals surface area contributed by atoms with Gasteiger partial charge < -0.3 is 4.74 Å². The summed E-state index contributed by atoms with van der Waals surface area (Å²) < 4.78 is 104. The summed E-state index contributed by atoms with van der Waals surface area (Å²) >= 11 is 0. The Morgan fingerprint density at radius 2 is 1.56 bits per heavy atom. The van der Waals surface area contributed by atoms with Crippen molar-refractivity contribution in [3.63, 3.8) is 0 Å². The monoisotopic (exact) mass is 510 g/mol. The molecule has 0 heterocycles. The van der Waals surface area contributed by atoms with Gasteiger partial charge in [-0.15, -0.1) is 0 Å². The molecule has 0 aliphatic heterocycles. The smallest absolute Gasteiger partial charge is 0.429 e. The highest BCUT2D eigenvalue weighted by atomic mass is 19.3. The van der Waals surface area contributed by atoms with Gasteiger partial charge in [-0.3, -0.25) is 0 Å². The van der Waals surface area contributed by atoms with Gasteiger partial charge in [0, 0.05) is 11.6 Å². The molecule has 0 amide bonds. The molecule has 3 aromatic rings. The maximum Gasteiger partial charge on any atom is 0.429 e. The van der Waals surface area contributed by atoms with E-state index in [-0.39, 0.29) is 17.0 Å². The molecule has 0 aromatic heterocycles. The Bertz CT molecular complexity index is 1220. The van der Waals surface area contributed by atoms with Gasteiger partial charge in [-0.05, 0) is 78.6 Å². The van der Waals surface area contributed by atoms with Crippen molar-refractivity contribution < 1.29 is 35.5 Å². The van der Waals surface area contributed by atoms with Gasteiger partial charge in [0.25, 0.3) is 0 Å². The molecule has 0 N–H and O–H groups in total. The quantitative estimate of drug-likeness (QED) is 0.217. The Morgan fingerprint density at radius 1 is 0.833 bits per heavy atom. The first-order valence-electron chi connectivity index (χ1n) is 11.9. The summed E-state index contributed by atoms with van der Waals surface area (Å²) in [4.78, 5) is 0. The zero-order valence-corrected chi connectivity index (χ0v) is 19.6. The fourth-order valence-electron chi connectivity index (χ4n) is 4.86. The lowest BCUT2D eigenvalue weighted by Crippen LogP contribution is -2.23. The number of rotatable bonds is 8. The Balaban J connectivity index is 1.50. The van der Waals surface area contributed by atoms with Crippen molar-refractivity contribution in [1.82, 2.24) is 0 Å². The number of ether oxygens (including phenoxy) is 1. The van der Waals surface area contributed by atoms with E-state index in [1.54, 1.807) is 0 Å². The molecule has 1 aliphatic rings. The molecule has 3 aromatic carbocycles. The molecule has 8 heteroatoms. The predicted molar refractivity (Wildman–Crippen MR) is 122 cm³/mol. The summed E-state index contributed by atoms with van der Waals surface area (Å²) in [5.41, 5.74) is -1.00. The maximum atomic E-state index is 14.8. The molecule has 0 spiro atoms. The number of alkyl halides is 2. The Morgan fingerprint density at radius 3 is 2.19 bits per heavy atom. The van der Waals surface area contributed by atoms with E-state index in [9.17, 15) is 30.7 Å². The van der Waals surface area contributed by atoms with Crippen LogP contribution in [0.1, 0.15) is 62.5 Å². The Labute approximate surface area is 204 Å². The Hall–Kier alpha value is -3.03. The SMILES string of the molecule is CCCCC1CCC(c2ccc(C(F)(F)Oc3ccc(-c4cc(F)c(F)c(F)c4)c(F)c3)c(F)c2)C1. The van der Waals surface area contributed by atoms with Crippen LogP contribution in [0.3, 0.4) is 0 Å². The van der Waals surface area contributed by atoms with Gasteiger partial charge in [0.15, 0.2) is 17.5 Å². The highest BCUT2D eigenvalue weighted by Gasteiger charge is 2.38. The highest BCUT2D eigenvalue weighted by molar-refractivity contribution is 5.65. The first kappa shape index (κ1) is 26.0. The van der Waals surface area contributed by atoms with Crippen LogP contribution in [0.15, 0.2) is 48.5 Å². The molecule has 1 saturated carbocycles. The van der Waals surface area contributed by atoms with E-state index in [0.29, 0.717) is 29.7 Å². The van der Waals surface area contributed by atoms with Crippen LogP contribution in [0.4, 0.5) is 30.7 Å². The lowest BCUT2D eigenvalue weighted by atomic mass is 9.93. The fourth-order valence-corrected chi connectivity index (χ4v) is 4.86. The van der Waals surface area contributed by atoms with Crippen molar-refractivity contribution in [3.05, 3.63) is 88.7 Å². The van der Waals surface area contributed by atoms with Crippen molar-refractivity contribution in [3.8, 4) is 16.9 Å². The minimum Gasteiger partial charge on any atom is -0.429 e. The van der Waals surface area contributed by atoms with E-state index >= 15 is 0 Å². The van der Waals surface area contributed by atoms with Crippen LogP contribution < -0.4 is 4.74 Å². The van der Waals surface area contributed by atoms with Crippen LogP contribution in [-0.4, -0.2) is 0 Å². The highest BCUT2D eigenvalue weighted by Crippen LogP contribution is 2.42. The van der Waals surface area contributed by atoms with Crippen molar-refractivity contribution in [2.45, 2.75) is 57.5 Å². The van der Waals surface area contributed by atoms with Crippen LogP contribution in [0.5, 0.6) is 5.75 Å². The predicted octanol–water partition coefficient (Wildman–Crippen LogP) is 9.25. The van der Waals surface area contributed by atoms with E-state index in [1.807, 2.05) is 0 Å². The minimum atomic E-state index is -4.11. The van der Waals surface area contributed by atoms with Gasteiger partial charge in [-0.2, -0.15) is 8.78 Å². The van der Waals surface area contributed by atoms with Crippen LogP contribution in [0.2, 0.25) is 0 Å². The van der Waals surface area contributed by atoms with Crippen LogP contribution in [0, 0.1) is 35.0 Å². The summed E-state index contributed by atoms with van der Waals surface area (Å²) in [5, 5.41) is 0. The molecule has 1 fully saturated rings. The summed E-state index contributed by atoms with van der Waals surface area (Å²) in [5.74, 6) is -6.96. The summed E-state index contributed by atoms with van der Waals surface area (Å²) in [6.07, 6.45) is 2.06. The summed E-state index contributed by atoms with van der Waals surface area (Å²) in [6.45, 7) is 2.12. The number of halogens is 7.